The van der Waals surface area contributed by atoms with E-state index in [1.165, 1.54) is 0 Å². The Balaban J connectivity index is 1.24. The lowest BCUT2D eigenvalue weighted by molar-refractivity contribution is -0.0452. The molecule has 2 aromatic rings. The average molecular weight is 432 g/mol. The summed E-state index contributed by atoms with van der Waals surface area (Å²) in [7, 11) is 0. The van der Waals surface area contributed by atoms with Crippen molar-refractivity contribution >= 4 is 34.8 Å². The number of likely N-dealkylation sites (tertiary alicyclic amines) is 1. The van der Waals surface area contributed by atoms with Crippen LogP contribution in [0, 0.1) is 0 Å². The van der Waals surface area contributed by atoms with Gasteiger partial charge in [-0.3, -0.25) is 9.69 Å². The molecular formula is C22H23Cl2N3O2. The van der Waals surface area contributed by atoms with E-state index >= 15 is 0 Å². The molecule has 152 valence electrons. The van der Waals surface area contributed by atoms with Gasteiger partial charge in [-0.25, -0.2) is 0 Å². The van der Waals surface area contributed by atoms with E-state index in [0.717, 1.165) is 50.1 Å². The van der Waals surface area contributed by atoms with Crippen LogP contribution in [0.25, 0.3) is 0 Å². The van der Waals surface area contributed by atoms with Gasteiger partial charge in [0, 0.05) is 31.7 Å². The van der Waals surface area contributed by atoms with Gasteiger partial charge < -0.3 is 15.4 Å². The van der Waals surface area contributed by atoms with Gasteiger partial charge in [0.25, 0.3) is 5.91 Å². The Labute approximate surface area is 180 Å². The average Bonchev–Trinajstić information content (AvgIpc) is 3.04. The zero-order valence-electron chi connectivity index (χ0n) is 16.0. The first kappa shape index (κ1) is 19.2. The first-order valence-electron chi connectivity index (χ1n) is 9.96. The Morgan fingerprint density at radius 3 is 2.62 bits per heavy atom. The molecule has 0 bridgehead atoms. The number of piperidine rings is 1. The molecule has 1 atom stereocenters. The highest BCUT2D eigenvalue weighted by atomic mass is 35.5. The second-order valence-electron chi connectivity index (χ2n) is 8.38. The number of anilines is 1. The summed E-state index contributed by atoms with van der Waals surface area (Å²) in [5, 5.41) is 7.89. The van der Waals surface area contributed by atoms with E-state index in [4.69, 9.17) is 27.9 Å². The van der Waals surface area contributed by atoms with Crippen LogP contribution in [-0.4, -0.2) is 41.8 Å². The quantitative estimate of drug-likeness (QED) is 0.743. The van der Waals surface area contributed by atoms with Crippen LogP contribution in [-0.2, 0) is 11.3 Å². The number of carbonyl (C=O) groups excluding carboxylic acids is 1. The van der Waals surface area contributed by atoms with Gasteiger partial charge in [-0.15, -0.1) is 0 Å². The molecule has 5 rings (SSSR count). The van der Waals surface area contributed by atoms with Crippen molar-refractivity contribution in [1.29, 1.82) is 0 Å². The molecule has 2 N–H and O–H groups in total. The molecule has 7 heteroatoms. The molecule has 2 spiro atoms. The molecule has 3 aliphatic heterocycles. The second kappa shape index (κ2) is 7.17. The SMILES string of the molecule is O=C1N[C@@]2(COC3(CCN(Cc4ccc(Cl)c(Cl)c4)CC3)C2)Nc2ccccc21. The zero-order valence-corrected chi connectivity index (χ0v) is 17.5. The minimum absolute atomic E-state index is 0.0305. The highest BCUT2D eigenvalue weighted by molar-refractivity contribution is 6.42. The van der Waals surface area contributed by atoms with E-state index in [-0.39, 0.29) is 11.5 Å². The third-order valence-electron chi connectivity index (χ3n) is 6.30. The molecule has 0 radical (unpaired) electrons. The third kappa shape index (κ3) is 3.61. The summed E-state index contributed by atoms with van der Waals surface area (Å²) < 4.78 is 6.33. The Morgan fingerprint density at radius 1 is 1.03 bits per heavy atom. The van der Waals surface area contributed by atoms with Crippen molar-refractivity contribution in [2.24, 2.45) is 0 Å². The summed E-state index contributed by atoms with van der Waals surface area (Å²) in [4.78, 5) is 15.0. The number of hydrogen-bond donors (Lipinski definition) is 2. The van der Waals surface area contributed by atoms with Crippen LogP contribution in [0.15, 0.2) is 42.5 Å². The molecular weight excluding hydrogens is 409 g/mol. The van der Waals surface area contributed by atoms with Crippen LogP contribution in [0.5, 0.6) is 0 Å². The molecule has 5 nitrogen and oxygen atoms in total. The van der Waals surface area contributed by atoms with Crippen LogP contribution < -0.4 is 10.6 Å². The molecule has 3 aliphatic rings. The van der Waals surface area contributed by atoms with Gasteiger partial charge in [0.1, 0.15) is 5.66 Å². The van der Waals surface area contributed by atoms with Crippen molar-refractivity contribution in [2.45, 2.75) is 37.1 Å². The Kier molecular flexibility index (Phi) is 4.74. The molecule has 2 aromatic carbocycles. The molecule has 1 amide bonds. The number of para-hydroxylation sites is 1. The smallest absolute Gasteiger partial charge is 0.255 e. The maximum absolute atomic E-state index is 12.6. The van der Waals surface area contributed by atoms with Gasteiger partial charge >= 0.3 is 0 Å². The van der Waals surface area contributed by atoms with Crippen molar-refractivity contribution < 1.29 is 9.53 Å². The van der Waals surface area contributed by atoms with Crippen molar-refractivity contribution in [1.82, 2.24) is 10.2 Å². The summed E-state index contributed by atoms with van der Waals surface area (Å²) >= 11 is 12.2. The van der Waals surface area contributed by atoms with Gasteiger partial charge in [0.2, 0.25) is 0 Å². The number of halogens is 2. The fourth-order valence-electron chi connectivity index (χ4n) is 4.79. The molecule has 2 fully saturated rings. The summed E-state index contributed by atoms with van der Waals surface area (Å²) in [5.41, 5.74) is 2.03. The summed E-state index contributed by atoms with van der Waals surface area (Å²) in [6.45, 7) is 3.22. The number of amides is 1. The molecule has 29 heavy (non-hydrogen) atoms. The lowest BCUT2D eigenvalue weighted by Gasteiger charge is -2.41. The van der Waals surface area contributed by atoms with E-state index in [2.05, 4.69) is 15.5 Å². The minimum Gasteiger partial charge on any atom is -0.370 e. The van der Waals surface area contributed by atoms with Crippen molar-refractivity contribution in [3.05, 3.63) is 63.6 Å². The predicted molar refractivity (Wildman–Crippen MR) is 115 cm³/mol. The predicted octanol–water partition coefficient (Wildman–Crippen LogP) is 4.30. The number of hydrogen-bond acceptors (Lipinski definition) is 4. The van der Waals surface area contributed by atoms with E-state index in [9.17, 15) is 4.79 Å². The summed E-state index contributed by atoms with van der Waals surface area (Å²) in [6.07, 6.45) is 2.66. The monoisotopic (exact) mass is 431 g/mol. The van der Waals surface area contributed by atoms with E-state index in [1.54, 1.807) is 0 Å². The van der Waals surface area contributed by atoms with Crippen LogP contribution in [0.3, 0.4) is 0 Å². The van der Waals surface area contributed by atoms with Gasteiger partial charge in [-0.05, 0) is 42.7 Å². The van der Waals surface area contributed by atoms with E-state index < -0.39 is 5.66 Å². The van der Waals surface area contributed by atoms with Gasteiger partial charge in [0.05, 0.1) is 27.8 Å². The lowest BCUT2D eigenvalue weighted by Crippen LogP contribution is -2.59. The first-order chi connectivity index (χ1) is 14.0. The van der Waals surface area contributed by atoms with Crippen molar-refractivity contribution in [3.8, 4) is 0 Å². The van der Waals surface area contributed by atoms with Crippen LogP contribution in [0.1, 0.15) is 35.2 Å². The maximum Gasteiger partial charge on any atom is 0.255 e. The summed E-state index contributed by atoms with van der Waals surface area (Å²) in [6, 6.07) is 13.5. The Hall–Kier alpha value is -1.79. The van der Waals surface area contributed by atoms with Crippen LogP contribution in [0.2, 0.25) is 10.0 Å². The lowest BCUT2D eigenvalue weighted by atomic mass is 9.84. The number of ether oxygens (including phenoxy) is 1. The fraction of sp³-hybridized carbons (Fsp3) is 0.409. The van der Waals surface area contributed by atoms with Gasteiger partial charge in [-0.1, -0.05) is 41.4 Å². The van der Waals surface area contributed by atoms with Crippen LogP contribution >= 0.6 is 23.2 Å². The van der Waals surface area contributed by atoms with Crippen molar-refractivity contribution in [2.75, 3.05) is 25.0 Å². The number of nitrogens with one attached hydrogen (secondary N) is 2. The third-order valence-corrected chi connectivity index (χ3v) is 7.04. The van der Waals surface area contributed by atoms with Gasteiger partial charge in [0.15, 0.2) is 0 Å². The minimum atomic E-state index is -0.517. The molecule has 0 aromatic heterocycles. The molecule has 0 aliphatic carbocycles. The normalized spacial score (nSPS) is 25.7. The molecule has 0 unspecified atom stereocenters. The highest BCUT2D eigenvalue weighted by Gasteiger charge is 2.53. The fourth-order valence-corrected chi connectivity index (χ4v) is 5.11. The number of rotatable bonds is 2. The number of fused-ring (bicyclic) bond motifs is 1. The Bertz CT molecular complexity index is 959. The standard InChI is InChI=1S/C22H23Cl2N3O2/c23-17-6-5-15(11-18(17)24)12-27-9-7-21(8-10-27)13-22(14-29-21)25-19-4-2-1-3-16(19)20(28)26-22/h1-6,11,25H,7-10,12-14H2,(H,26,28)/t22-/m0/s1. The second-order valence-corrected chi connectivity index (χ2v) is 9.19. The van der Waals surface area contributed by atoms with E-state index in [0.29, 0.717) is 22.2 Å². The maximum atomic E-state index is 12.6. The van der Waals surface area contributed by atoms with E-state index in [1.807, 2.05) is 42.5 Å². The number of benzene rings is 2. The Morgan fingerprint density at radius 2 is 1.83 bits per heavy atom. The molecule has 3 heterocycles. The van der Waals surface area contributed by atoms with Gasteiger partial charge in [-0.2, -0.15) is 0 Å². The highest BCUT2D eigenvalue weighted by Crippen LogP contribution is 2.43. The zero-order chi connectivity index (χ0) is 20.1. The number of nitrogens with zero attached hydrogens (tertiary/aromatic N) is 1. The molecule has 0 saturated carbocycles. The largest absolute Gasteiger partial charge is 0.370 e. The topological polar surface area (TPSA) is 53.6 Å². The van der Waals surface area contributed by atoms with Crippen LogP contribution in [0.4, 0.5) is 5.69 Å². The van der Waals surface area contributed by atoms with Crippen molar-refractivity contribution in [3.63, 3.8) is 0 Å². The summed E-state index contributed by atoms with van der Waals surface area (Å²) in [5.74, 6) is -0.0305. The number of carbonyl (C=O) groups is 1. The first-order valence-corrected chi connectivity index (χ1v) is 10.7. The molecule has 2 saturated heterocycles.